The second kappa shape index (κ2) is 5.80. The monoisotopic (exact) mass is 238 g/mol. The second-order valence-electron chi connectivity index (χ2n) is 4.94. The number of rotatable bonds is 5. The van der Waals surface area contributed by atoms with Crippen LogP contribution in [0, 0.1) is 5.92 Å². The molecule has 2 heterocycles. The second-order valence-corrected chi connectivity index (χ2v) is 5.97. The smallest absolute Gasteiger partial charge is 0.0300 e. The molecule has 0 radical (unpaired) electrons. The van der Waals surface area contributed by atoms with Crippen LogP contribution in [0.3, 0.4) is 0 Å². The van der Waals surface area contributed by atoms with E-state index in [0.717, 1.165) is 25.0 Å². The lowest BCUT2D eigenvalue weighted by Crippen LogP contribution is -2.34. The number of hydrogen-bond acceptors (Lipinski definition) is 3. The van der Waals surface area contributed by atoms with Crippen LogP contribution in [0.25, 0.3) is 0 Å². The fraction of sp³-hybridized carbons (Fsp3) is 0.692. The zero-order chi connectivity index (χ0) is 11.4. The maximum atomic E-state index is 3.52. The molecule has 90 valence electrons. The fourth-order valence-electron chi connectivity index (χ4n) is 2.55. The van der Waals surface area contributed by atoms with E-state index in [1.54, 1.807) is 0 Å². The van der Waals surface area contributed by atoms with E-state index in [1.165, 1.54) is 24.4 Å². The minimum Gasteiger partial charge on any atom is -0.311 e. The highest BCUT2D eigenvalue weighted by Crippen LogP contribution is 2.21. The largest absolute Gasteiger partial charge is 0.311 e. The first-order valence-corrected chi connectivity index (χ1v) is 7.11. The van der Waals surface area contributed by atoms with E-state index >= 15 is 0 Å². The van der Waals surface area contributed by atoms with Crippen molar-refractivity contribution in [2.24, 2.45) is 5.92 Å². The number of thiophene rings is 1. The summed E-state index contributed by atoms with van der Waals surface area (Å²) in [6, 6.07) is 5.09. The molecular formula is C13H22N2S. The third-order valence-electron chi connectivity index (χ3n) is 3.37. The van der Waals surface area contributed by atoms with Gasteiger partial charge in [-0.2, -0.15) is 0 Å². The predicted octanol–water partition coefficient (Wildman–Crippen LogP) is 2.57. The molecule has 1 aromatic rings. The first kappa shape index (κ1) is 12.1. The van der Waals surface area contributed by atoms with Crippen molar-refractivity contribution >= 4 is 11.3 Å². The van der Waals surface area contributed by atoms with Gasteiger partial charge in [0, 0.05) is 37.1 Å². The zero-order valence-electron chi connectivity index (χ0n) is 10.3. The third kappa shape index (κ3) is 3.30. The molecule has 0 aromatic carbocycles. The van der Waals surface area contributed by atoms with E-state index in [-0.39, 0.29) is 0 Å². The van der Waals surface area contributed by atoms with E-state index < -0.39 is 0 Å². The lowest BCUT2D eigenvalue weighted by molar-refractivity contribution is 0.264. The highest BCUT2D eigenvalue weighted by Gasteiger charge is 2.24. The van der Waals surface area contributed by atoms with Crippen LogP contribution in [-0.2, 0) is 6.54 Å². The average Bonchev–Trinajstić information content (AvgIpc) is 2.84. The molecule has 0 spiro atoms. The van der Waals surface area contributed by atoms with Gasteiger partial charge in [0.05, 0.1) is 0 Å². The van der Waals surface area contributed by atoms with Gasteiger partial charge in [0.25, 0.3) is 0 Å². The Balaban J connectivity index is 1.61. The van der Waals surface area contributed by atoms with Crippen LogP contribution in [0.15, 0.2) is 17.5 Å². The van der Waals surface area contributed by atoms with Gasteiger partial charge in [-0.25, -0.2) is 0 Å². The van der Waals surface area contributed by atoms with Crippen LogP contribution in [-0.4, -0.2) is 30.6 Å². The van der Waals surface area contributed by atoms with Gasteiger partial charge in [0.15, 0.2) is 0 Å². The molecule has 2 rings (SSSR count). The van der Waals surface area contributed by atoms with Crippen molar-refractivity contribution in [2.45, 2.75) is 32.9 Å². The summed E-state index contributed by atoms with van der Waals surface area (Å²) in [7, 11) is 0. The van der Waals surface area contributed by atoms with Crippen LogP contribution in [0.1, 0.15) is 25.1 Å². The van der Waals surface area contributed by atoms with Crippen molar-refractivity contribution in [1.29, 1.82) is 0 Å². The summed E-state index contributed by atoms with van der Waals surface area (Å²) < 4.78 is 0. The number of nitrogens with one attached hydrogen (secondary N) is 1. The Morgan fingerprint density at radius 2 is 2.38 bits per heavy atom. The van der Waals surface area contributed by atoms with Gasteiger partial charge in [-0.3, -0.25) is 4.90 Å². The van der Waals surface area contributed by atoms with Crippen molar-refractivity contribution in [1.82, 2.24) is 10.2 Å². The standard InChI is InChI=1S/C13H22N2S/c1-11-8-12(2)15(10-11)6-5-14-9-13-4-3-7-16-13/h3-4,7,11-12,14H,5-6,8-10H2,1-2H3. The number of nitrogens with zero attached hydrogens (tertiary/aromatic N) is 1. The number of hydrogen-bond donors (Lipinski definition) is 1. The molecule has 1 aliphatic heterocycles. The van der Waals surface area contributed by atoms with Crippen molar-refractivity contribution in [3.05, 3.63) is 22.4 Å². The maximum Gasteiger partial charge on any atom is 0.0300 e. The molecule has 1 aromatic heterocycles. The Kier molecular flexibility index (Phi) is 4.38. The van der Waals surface area contributed by atoms with E-state index in [4.69, 9.17) is 0 Å². The third-order valence-corrected chi connectivity index (χ3v) is 4.24. The Hall–Kier alpha value is -0.380. The van der Waals surface area contributed by atoms with E-state index in [2.05, 4.69) is 41.6 Å². The molecule has 16 heavy (non-hydrogen) atoms. The summed E-state index contributed by atoms with van der Waals surface area (Å²) in [5.41, 5.74) is 0. The van der Waals surface area contributed by atoms with Gasteiger partial charge in [0.2, 0.25) is 0 Å². The molecule has 0 aliphatic carbocycles. The molecule has 2 nitrogen and oxygen atoms in total. The molecule has 1 fully saturated rings. The fourth-order valence-corrected chi connectivity index (χ4v) is 3.22. The van der Waals surface area contributed by atoms with Crippen LogP contribution in [0.5, 0.6) is 0 Å². The lowest BCUT2D eigenvalue weighted by atomic mass is 10.1. The van der Waals surface area contributed by atoms with Crippen LogP contribution in [0.2, 0.25) is 0 Å². The number of likely N-dealkylation sites (tertiary alicyclic amines) is 1. The van der Waals surface area contributed by atoms with E-state index in [0.29, 0.717) is 0 Å². The minimum atomic E-state index is 0.776. The van der Waals surface area contributed by atoms with Crippen molar-refractivity contribution < 1.29 is 0 Å². The Labute approximate surface area is 103 Å². The first-order chi connectivity index (χ1) is 7.75. The van der Waals surface area contributed by atoms with Crippen LogP contribution in [0.4, 0.5) is 0 Å². The first-order valence-electron chi connectivity index (χ1n) is 6.23. The van der Waals surface area contributed by atoms with Gasteiger partial charge in [-0.05, 0) is 30.7 Å². The van der Waals surface area contributed by atoms with E-state index in [1.807, 2.05) is 11.3 Å². The SMILES string of the molecule is CC1CC(C)N(CCNCc2cccs2)C1. The molecular weight excluding hydrogens is 216 g/mol. The van der Waals surface area contributed by atoms with Gasteiger partial charge in [-0.15, -0.1) is 11.3 Å². The molecule has 2 atom stereocenters. The Morgan fingerprint density at radius 1 is 1.50 bits per heavy atom. The molecule has 0 amide bonds. The summed E-state index contributed by atoms with van der Waals surface area (Å²) in [4.78, 5) is 4.04. The zero-order valence-corrected chi connectivity index (χ0v) is 11.1. The predicted molar refractivity (Wildman–Crippen MR) is 70.8 cm³/mol. The quantitative estimate of drug-likeness (QED) is 0.793. The van der Waals surface area contributed by atoms with Gasteiger partial charge < -0.3 is 5.32 Å². The molecule has 2 unspecified atom stereocenters. The average molecular weight is 238 g/mol. The molecule has 1 aliphatic rings. The van der Waals surface area contributed by atoms with Gasteiger partial charge >= 0.3 is 0 Å². The maximum absolute atomic E-state index is 3.52. The summed E-state index contributed by atoms with van der Waals surface area (Å²) in [5, 5.41) is 5.66. The molecule has 3 heteroatoms. The highest BCUT2D eigenvalue weighted by molar-refractivity contribution is 7.09. The summed E-state index contributed by atoms with van der Waals surface area (Å²) in [6.45, 7) is 9.31. The summed E-state index contributed by atoms with van der Waals surface area (Å²) in [6.07, 6.45) is 1.37. The van der Waals surface area contributed by atoms with Crippen LogP contribution >= 0.6 is 11.3 Å². The summed E-state index contributed by atoms with van der Waals surface area (Å²) >= 11 is 1.83. The Bertz CT molecular complexity index is 297. The molecule has 1 N–H and O–H groups in total. The normalized spacial score (nSPS) is 26.4. The van der Waals surface area contributed by atoms with Crippen molar-refractivity contribution in [2.75, 3.05) is 19.6 Å². The minimum absolute atomic E-state index is 0.776. The Morgan fingerprint density at radius 3 is 3.00 bits per heavy atom. The molecule has 1 saturated heterocycles. The van der Waals surface area contributed by atoms with Gasteiger partial charge in [0.1, 0.15) is 0 Å². The van der Waals surface area contributed by atoms with Crippen molar-refractivity contribution in [3.63, 3.8) is 0 Å². The summed E-state index contributed by atoms with van der Waals surface area (Å²) in [5.74, 6) is 0.882. The van der Waals surface area contributed by atoms with Crippen LogP contribution < -0.4 is 5.32 Å². The van der Waals surface area contributed by atoms with E-state index in [9.17, 15) is 0 Å². The van der Waals surface area contributed by atoms with Gasteiger partial charge in [-0.1, -0.05) is 13.0 Å². The lowest BCUT2D eigenvalue weighted by Gasteiger charge is -2.20. The molecule has 0 saturated carbocycles. The highest BCUT2D eigenvalue weighted by atomic mass is 32.1. The van der Waals surface area contributed by atoms with Crippen molar-refractivity contribution in [3.8, 4) is 0 Å². The molecule has 0 bridgehead atoms. The topological polar surface area (TPSA) is 15.3 Å².